The van der Waals surface area contributed by atoms with Gasteiger partial charge in [0, 0.05) is 24.2 Å². The van der Waals surface area contributed by atoms with E-state index in [1.54, 1.807) is 29.2 Å². The molecule has 0 saturated carbocycles. The fourth-order valence-corrected chi connectivity index (χ4v) is 2.28. The Balaban J connectivity index is 2.05. The van der Waals surface area contributed by atoms with E-state index in [-0.39, 0.29) is 5.91 Å². The quantitative estimate of drug-likeness (QED) is 0.751. The van der Waals surface area contributed by atoms with Crippen LogP contribution >= 0.6 is 0 Å². The molecule has 22 heavy (non-hydrogen) atoms. The minimum absolute atomic E-state index is 0.0724. The zero-order valence-electron chi connectivity index (χ0n) is 12.2. The number of rotatable bonds is 5. The van der Waals surface area contributed by atoms with Crippen molar-refractivity contribution in [3.05, 3.63) is 29.8 Å². The summed E-state index contributed by atoms with van der Waals surface area (Å²) in [6.07, 6.45) is 1.37. The molecule has 1 atom stereocenters. The van der Waals surface area contributed by atoms with Crippen LogP contribution in [0.25, 0.3) is 0 Å². The van der Waals surface area contributed by atoms with Gasteiger partial charge in [-0.05, 0) is 30.7 Å². The maximum Gasteiger partial charge on any atom is 0.330 e. The van der Waals surface area contributed by atoms with Crippen molar-refractivity contribution < 1.29 is 24.2 Å². The zero-order valence-corrected chi connectivity index (χ0v) is 12.2. The van der Waals surface area contributed by atoms with Crippen LogP contribution < -0.4 is 10.2 Å². The summed E-state index contributed by atoms with van der Waals surface area (Å²) < 4.78 is 4.48. The first-order valence-electron chi connectivity index (χ1n) is 6.96. The molecule has 0 aliphatic carbocycles. The predicted octanol–water partition coefficient (Wildman–Crippen LogP) is 0.0771. The molecule has 1 heterocycles. The second-order valence-electron chi connectivity index (χ2n) is 4.93. The molecule has 1 aliphatic rings. The monoisotopic (exact) mass is 306 g/mol. The largest absolute Gasteiger partial charge is 0.467 e. The van der Waals surface area contributed by atoms with Gasteiger partial charge in [0.15, 0.2) is 6.04 Å². The van der Waals surface area contributed by atoms with E-state index in [2.05, 4.69) is 10.1 Å². The lowest BCUT2D eigenvalue weighted by Gasteiger charge is -2.17. The number of amides is 2. The molecule has 7 heteroatoms. The Hall–Kier alpha value is -2.41. The van der Waals surface area contributed by atoms with Crippen LogP contribution in [0.2, 0.25) is 0 Å². The number of carbonyl (C=O) groups is 3. The first-order chi connectivity index (χ1) is 10.6. The Bertz CT molecular complexity index is 570. The highest BCUT2D eigenvalue weighted by atomic mass is 16.5. The van der Waals surface area contributed by atoms with Crippen LogP contribution in [-0.4, -0.2) is 49.2 Å². The molecule has 0 bridgehead atoms. The number of esters is 1. The van der Waals surface area contributed by atoms with Gasteiger partial charge >= 0.3 is 5.97 Å². The molecule has 1 aromatic carbocycles. The fourth-order valence-electron chi connectivity index (χ4n) is 2.28. The molecule has 0 spiro atoms. The smallest absolute Gasteiger partial charge is 0.330 e. The van der Waals surface area contributed by atoms with E-state index in [9.17, 15) is 14.4 Å². The first-order valence-corrected chi connectivity index (χ1v) is 6.96. The van der Waals surface area contributed by atoms with E-state index in [0.717, 1.165) is 12.1 Å². The Morgan fingerprint density at radius 3 is 2.55 bits per heavy atom. The van der Waals surface area contributed by atoms with Gasteiger partial charge in [0.2, 0.25) is 5.91 Å². The highest BCUT2D eigenvalue weighted by Gasteiger charge is 2.23. The van der Waals surface area contributed by atoms with Crippen LogP contribution in [0, 0.1) is 0 Å². The molecular weight excluding hydrogens is 288 g/mol. The molecule has 1 aromatic rings. The normalized spacial score (nSPS) is 15.5. The standard InChI is InChI=1S/C15H18N2O5/c1-22-15(21)12(9-18)16-14(20)10-4-6-11(7-5-10)17-8-2-3-13(17)19/h4-7,12,18H,2-3,8-9H2,1H3,(H,16,20)/t12-/m1/s1. The van der Waals surface area contributed by atoms with E-state index in [1.165, 1.54) is 7.11 Å². The first kappa shape index (κ1) is 16.0. The number of methoxy groups -OCH3 is 1. The molecule has 1 aliphatic heterocycles. The van der Waals surface area contributed by atoms with Crippen LogP contribution in [0.4, 0.5) is 5.69 Å². The Morgan fingerprint density at radius 1 is 1.36 bits per heavy atom. The summed E-state index contributed by atoms with van der Waals surface area (Å²) in [6, 6.07) is 5.41. The molecule has 0 radical (unpaired) electrons. The van der Waals surface area contributed by atoms with E-state index in [0.29, 0.717) is 18.5 Å². The summed E-state index contributed by atoms with van der Waals surface area (Å²) in [5.41, 5.74) is 1.07. The molecule has 7 nitrogen and oxygen atoms in total. The van der Waals surface area contributed by atoms with Gasteiger partial charge in [0.25, 0.3) is 5.91 Å². The number of nitrogens with zero attached hydrogens (tertiary/aromatic N) is 1. The Labute approximate surface area is 127 Å². The second-order valence-corrected chi connectivity index (χ2v) is 4.93. The molecule has 2 rings (SSSR count). The minimum Gasteiger partial charge on any atom is -0.467 e. The van der Waals surface area contributed by atoms with Gasteiger partial charge in [-0.2, -0.15) is 0 Å². The summed E-state index contributed by atoms with van der Waals surface area (Å²) in [6.45, 7) is 0.137. The summed E-state index contributed by atoms with van der Waals surface area (Å²) in [5, 5.41) is 11.5. The summed E-state index contributed by atoms with van der Waals surface area (Å²) in [4.78, 5) is 36.7. The van der Waals surface area contributed by atoms with Crippen LogP contribution in [-0.2, 0) is 14.3 Å². The van der Waals surface area contributed by atoms with Crippen molar-refractivity contribution >= 4 is 23.5 Å². The number of aliphatic hydroxyl groups excluding tert-OH is 1. The number of nitrogens with one attached hydrogen (secondary N) is 1. The number of benzene rings is 1. The molecule has 118 valence electrons. The number of carbonyl (C=O) groups excluding carboxylic acids is 3. The van der Waals surface area contributed by atoms with Crippen LogP contribution in [0.5, 0.6) is 0 Å². The lowest BCUT2D eigenvalue weighted by molar-refractivity contribution is -0.143. The zero-order chi connectivity index (χ0) is 16.1. The molecule has 2 amide bonds. The highest BCUT2D eigenvalue weighted by molar-refractivity contribution is 5.98. The maximum atomic E-state index is 12.0. The SMILES string of the molecule is COC(=O)[C@@H](CO)NC(=O)c1ccc(N2CCCC2=O)cc1. The van der Waals surface area contributed by atoms with E-state index >= 15 is 0 Å². The third-order valence-corrected chi connectivity index (χ3v) is 3.49. The van der Waals surface area contributed by atoms with Crippen molar-refractivity contribution in [1.82, 2.24) is 5.32 Å². The Kier molecular flexibility index (Phi) is 5.11. The average Bonchev–Trinajstić information content (AvgIpc) is 2.97. The number of ether oxygens (including phenoxy) is 1. The van der Waals surface area contributed by atoms with Gasteiger partial charge in [-0.1, -0.05) is 0 Å². The van der Waals surface area contributed by atoms with Gasteiger partial charge in [0.1, 0.15) is 0 Å². The van der Waals surface area contributed by atoms with Gasteiger partial charge < -0.3 is 20.1 Å². The lowest BCUT2D eigenvalue weighted by atomic mass is 10.1. The fraction of sp³-hybridized carbons (Fsp3) is 0.400. The number of anilines is 1. The van der Waals surface area contributed by atoms with Crippen molar-refractivity contribution in [1.29, 1.82) is 0 Å². The average molecular weight is 306 g/mol. The molecule has 1 fully saturated rings. The summed E-state index contributed by atoms with van der Waals surface area (Å²) in [7, 11) is 1.18. The maximum absolute atomic E-state index is 12.0. The van der Waals surface area contributed by atoms with Crippen LogP contribution in [0.1, 0.15) is 23.2 Å². The van der Waals surface area contributed by atoms with Crippen LogP contribution in [0.3, 0.4) is 0 Å². The van der Waals surface area contributed by atoms with E-state index in [1.807, 2.05) is 0 Å². The predicted molar refractivity (Wildman–Crippen MR) is 78.4 cm³/mol. The Morgan fingerprint density at radius 2 is 2.05 bits per heavy atom. The summed E-state index contributed by atoms with van der Waals surface area (Å²) in [5.74, 6) is -1.14. The van der Waals surface area contributed by atoms with Gasteiger partial charge in [0.05, 0.1) is 13.7 Å². The van der Waals surface area contributed by atoms with E-state index in [4.69, 9.17) is 5.11 Å². The number of aliphatic hydroxyl groups is 1. The molecule has 2 N–H and O–H groups in total. The van der Waals surface area contributed by atoms with Gasteiger partial charge in [-0.25, -0.2) is 4.79 Å². The van der Waals surface area contributed by atoms with Gasteiger partial charge in [-0.15, -0.1) is 0 Å². The second kappa shape index (κ2) is 7.04. The van der Waals surface area contributed by atoms with Crippen LogP contribution in [0.15, 0.2) is 24.3 Å². The van der Waals surface area contributed by atoms with E-state index < -0.39 is 24.5 Å². The van der Waals surface area contributed by atoms with Crippen molar-refractivity contribution in [2.24, 2.45) is 0 Å². The molecule has 1 saturated heterocycles. The summed E-state index contributed by atoms with van der Waals surface area (Å²) >= 11 is 0. The third kappa shape index (κ3) is 3.43. The van der Waals surface area contributed by atoms with Crippen molar-refractivity contribution in [2.75, 3.05) is 25.2 Å². The molecule has 0 aromatic heterocycles. The molecule has 0 unspecified atom stereocenters. The topological polar surface area (TPSA) is 95.9 Å². The lowest BCUT2D eigenvalue weighted by Crippen LogP contribution is -2.44. The van der Waals surface area contributed by atoms with Crippen molar-refractivity contribution in [2.45, 2.75) is 18.9 Å². The molecular formula is C15H18N2O5. The minimum atomic E-state index is -1.10. The van der Waals surface area contributed by atoms with Crippen molar-refractivity contribution in [3.63, 3.8) is 0 Å². The number of hydrogen-bond acceptors (Lipinski definition) is 5. The highest BCUT2D eigenvalue weighted by Crippen LogP contribution is 2.21. The van der Waals surface area contributed by atoms with Gasteiger partial charge in [-0.3, -0.25) is 9.59 Å². The van der Waals surface area contributed by atoms with Crippen molar-refractivity contribution in [3.8, 4) is 0 Å². The number of hydrogen-bond donors (Lipinski definition) is 2. The third-order valence-electron chi connectivity index (χ3n) is 3.49.